The highest BCUT2D eigenvalue weighted by molar-refractivity contribution is 7.90. The monoisotopic (exact) mass is 561 g/mol. The van der Waals surface area contributed by atoms with Crippen LogP contribution in [0.25, 0.3) is 0 Å². The minimum atomic E-state index is -4.06. The zero-order chi connectivity index (χ0) is 29.1. The molecule has 0 bridgehead atoms. The summed E-state index contributed by atoms with van der Waals surface area (Å²) in [6.07, 6.45) is 0.00564. The molecule has 0 aliphatic carbocycles. The lowest BCUT2D eigenvalue weighted by atomic mass is 9.99. The average molecular weight is 562 g/mol. The highest BCUT2D eigenvalue weighted by Crippen LogP contribution is 2.30. The summed E-state index contributed by atoms with van der Waals surface area (Å²) in [4.78, 5) is 42.0. The summed E-state index contributed by atoms with van der Waals surface area (Å²) in [6, 6.07) is 22.2. The zero-order valence-corrected chi connectivity index (χ0v) is 24.1. The van der Waals surface area contributed by atoms with E-state index in [9.17, 15) is 22.8 Å². The Bertz CT molecular complexity index is 1510. The van der Waals surface area contributed by atoms with E-state index < -0.39 is 33.4 Å². The van der Waals surface area contributed by atoms with Crippen molar-refractivity contribution in [2.45, 2.75) is 63.6 Å². The van der Waals surface area contributed by atoms with Crippen LogP contribution in [0.3, 0.4) is 0 Å². The van der Waals surface area contributed by atoms with Gasteiger partial charge in [-0.2, -0.15) is 0 Å². The number of aryl methyl sites for hydroxylation is 1. The van der Waals surface area contributed by atoms with Gasteiger partial charge in [-0.1, -0.05) is 66.7 Å². The average Bonchev–Trinajstić information content (AvgIpc) is 3.10. The summed E-state index contributed by atoms with van der Waals surface area (Å²) in [5.74, 6) is -1.39. The molecule has 1 N–H and O–H groups in total. The Kier molecular flexibility index (Phi) is 8.44. The van der Waals surface area contributed by atoms with Crippen LogP contribution in [0.1, 0.15) is 54.2 Å². The Hall–Kier alpha value is -3.98. The molecule has 0 radical (unpaired) electrons. The number of rotatable bonds is 9. The van der Waals surface area contributed by atoms with Gasteiger partial charge in [0.1, 0.15) is 10.9 Å². The van der Waals surface area contributed by atoms with Gasteiger partial charge in [-0.05, 0) is 56.5 Å². The molecule has 0 fully saturated rings. The standard InChI is InChI=1S/C31H35N3O5S/c1-22-12-8-9-15-24(22)21-33(26(29(36)32-31(2,3)4)20-23-13-6-5-7-14-23)28(35)18-19-34-30(37)25-16-10-11-17-27(25)40(34,38)39/h5-17,26H,18-21H2,1-4H3,(H,32,36)/t26-/m1/s1. The molecular formula is C31H35N3O5S. The fraction of sp³-hybridized carbons (Fsp3) is 0.323. The highest BCUT2D eigenvalue weighted by Gasteiger charge is 2.41. The number of fused-ring (bicyclic) bond motifs is 1. The van der Waals surface area contributed by atoms with E-state index in [0.717, 1.165) is 21.0 Å². The third-order valence-electron chi connectivity index (χ3n) is 6.81. The number of nitrogens with one attached hydrogen (secondary N) is 1. The van der Waals surface area contributed by atoms with E-state index >= 15 is 0 Å². The van der Waals surface area contributed by atoms with Gasteiger partial charge in [0.25, 0.3) is 15.9 Å². The van der Waals surface area contributed by atoms with Crippen LogP contribution in [-0.4, -0.2) is 53.5 Å². The van der Waals surface area contributed by atoms with Gasteiger partial charge in [-0.15, -0.1) is 0 Å². The summed E-state index contributed by atoms with van der Waals surface area (Å²) in [5.41, 5.74) is 2.27. The van der Waals surface area contributed by atoms with Gasteiger partial charge >= 0.3 is 0 Å². The third-order valence-corrected chi connectivity index (χ3v) is 8.65. The molecule has 3 amide bonds. The van der Waals surface area contributed by atoms with Crippen LogP contribution in [0, 0.1) is 6.92 Å². The summed E-state index contributed by atoms with van der Waals surface area (Å²) >= 11 is 0. The van der Waals surface area contributed by atoms with Crippen LogP contribution in [0.15, 0.2) is 83.8 Å². The van der Waals surface area contributed by atoms with E-state index in [1.54, 1.807) is 12.1 Å². The molecule has 0 saturated heterocycles. The second kappa shape index (κ2) is 11.6. The maximum atomic E-state index is 13.9. The van der Waals surface area contributed by atoms with Crippen molar-refractivity contribution in [2.75, 3.05) is 6.54 Å². The molecule has 210 valence electrons. The van der Waals surface area contributed by atoms with Crippen LogP contribution in [-0.2, 0) is 32.6 Å². The zero-order valence-electron chi connectivity index (χ0n) is 23.3. The first-order chi connectivity index (χ1) is 18.9. The van der Waals surface area contributed by atoms with E-state index in [0.29, 0.717) is 0 Å². The molecule has 9 heteroatoms. The fourth-order valence-electron chi connectivity index (χ4n) is 4.77. The smallest absolute Gasteiger partial charge is 0.269 e. The number of sulfonamides is 1. The SMILES string of the molecule is Cc1ccccc1CN(C(=O)CCN1C(=O)c2ccccc2S1(=O)=O)[C@H](Cc1ccccc1)C(=O)NC(C)(C)C. The molecule has 0 aromatic heterocycles. The normalized spacial score (nSPS) is 14.9. The lowest BCUT2D eigenvalue weighted by Gasteiger charge is -2.34. The van der Waals surface area contributed by atoms with Crippen LogP contribution >= 0.6 is 0 Å². The Morgan fingerprint density at radius 2 is 1.55 bits per heavy atom. The maximum absolute atomic E-state index is 13.9. The lowest BCUT2D eigenvalue weighted by molar-refractivity contribution is -0.142. The maximum Gasteiger partial charge on any atom is 0.269 e. The molecule has 3 aromatic rings. The molecule has 8 nitrogen and oxygen atoms in total. The Morgan fingerprint density at radius 3 is 2.20 bits per heavy atom. The summed E-state index contributed by atoms with van der Waals surface area (Å²) in [7, 11) is -4.06. The van der Waals surface area contributed by atoms with Gasteiger partial charge < -0.3 is 10.2 Å². The number of amides is 3. The number of hydrogen-bond donors (Lipinski definition) is 1. The van der Waals surface area contributed by atoms with Gasteiger partial charge in [-0.3, -0.25) is 14.4 Å². The van der Waals surface area contributed by atoms with Gasteiger partial charge in [0.2, 0.25) is 11.8 Å². The molecule has 4 rings (SSSR count). The summed E-state index contributed by atoms with van der Waals surface area (Å²) in [6.45, 7) is 7.39. The quantitative estimate of drug-likeness (QED) is 0.424. The largest absolute Gasteiger partial charge is 0.350 e. The van der Waals surface area contributed by atoms with Crippen molar-refractivity contribution >= 4 is 27.7 Å². The molecule has 0 unspecified atom stereocenters. The van der Waals surface area contributed by atoms with Gasteiger partial charge in [0.05, 0.1) is 5.56 Å². The molecular weight excluding hydrogens is 526 g/mol. The molecule has 1 aliphatic rings. The lowest BCUT2D eigenvalue weighted by Crippen LogP contribution is -2.54. The first-order valence-electron chi connectivity index (χ1n) is 13.2. The molecule has 40 heavy (non-hydrogen) atoms. The van der Waals surface area contributed by atoms with Crippen molar-refractivity contribution in [1.82, 2.24) is 14.5 Å². The van der Waals surface area contributed by atoms with Crippen LogP contribution < -0.4 is 5.32 Å². The number of hydrogen-bond acceptors (Lipinski definition) is 5. The highest BCUT2D eigenvalue weighted by atomic mass is 32.2. The van der Waals surface area contributed by atoms with E-state index in [4.69, 9.17) is 0 Å². The second-order valence-corrected chi connectivity index (χ2v) is 12.9. The van der Waals surface area contributed by atoms with E-state index in [1.807, 2.05) is 82.3 Å². The second-order valence-electron chi connectivity index (χ2n) is 11.0. The molecule has 1 heterocycles. The van der Waals surface area contributed by atoms with Gasteiger partial charge in [-0.25, -0.2) is 12.7 Å². The Morgan fingerprint density at radius 1 is 0.925 bits per heavy atom. The minimum absolute atomic E-state index is 0.0595. The van der Waals surface area contributed by atoms with Crippen molar-refractivity contribution in [3.8, 4) is 0 Å². The first-order valence-corrected chi connectivity index (χ1v) is 14.7. The van der Waals surface area contributed by atoms with Crippen molar-refractivity contribution in [2.24, 2.45) is 0 Å². The van der Waals surface area contributed by atoms with E-state index in [-0.39, 0.29) is 42.3 Å². The number of benzene rings is 3. The number of carbonyl (C=O) groups is 3. The summed E-state index contributed by atoms with van der Waals surface area (Å²) in [5, 5.41) is 3.01. The number of nitrogens with zero attached hydrogens (tertiary/aromatic N) is 2. The van der Waals surface area contributed by atoms with Crippen molar-refractivity contribution in [3.05, 3.63) is 101 Å². The van der Waals surface area contributed by atoms with Crippen molar-refractivity contribution in [1.29, 1.82) is 0 Å². The van der Waals surface area contributed by atoms with Crippen LogP contribution in [0.5, 0.6) is 0 Å². The van der Waals surface area contributed by atoms with E-state index in [2.05, 4.69) is 5.32 Å². The van der Waals surface area contributed by atoms with Crippen molar-refractivity contribution in [3.63, 3.8) is 0 Å². The fourth-order valence-corrected chi connectivity index (χ4v) is 6.34. The van der Waals surface area contributed by atoms with Crippen LogP contribution in [0.4, 0.5) is 0 Å². The first kappa shape index (κ1) is 29.0. The molecule has 0 spiro atoms. The molecule has 1 atom stereocenters. The predicted molar refractivity (Wildman–Crippen MR) is 153 cm³/mol. The van der Waals surface area contributed by atoms with Crippen molar-refractivity contribution < 1.29 is 22.8 Å². The van der Waals surface area contributed by atoms with Gasteiger partial charge in [0, 0.05) is 31.5 Å². The summed E-state index contributed by atoms with van der Waals surface area (Å²) < 4.78 is 26.9. The minimum Gasteiger partial charge on any atom is -0.350 e. The molecule has 0 saturated carbocycles. The topological polar surface area (TPSA) is 104 Å². The Labute approximate surface area is 236 Å². The van der Waals surface area contributed by atoms with Crippen LogP contribution in [0.2, 0.25) is 0 Å². The predicted octanol–water partition coefficient (Wildman–Crippen LogP) is 4.08. The number of carbonyl (C=O) groups excluding carboxylic acids is 3. The Balaban J connectivity index is 1.66. The molecule has 1 aliphatic heterocycles. The molecule has 3 aromatic carbocycles. The van der Waals surface area contributed by atoms with E-state index in [1.165, 1.54) is 17.0 Å². The van der Waals surface area contributed by atoms with Gasteiger partial charge in [0.15, 0.2) is 0 Å². The third kappa shape index (κ3) is 6.42.